The number of nitrogens with zero attached hydrogens (tertiary/aromatic N) is 1. The van der Waals surface area contributed by atoms with Crippen molar-refractivity contribution in [1.29, 1.82) is 0 Å². The Bertz CT molecular complexity index is 268. The van der Waals surface area contributed by atoms with E-state index in [-0.39, 0.29) is 0 Å². The Kier molecular flexibility index (Phi) is 7.52. The molecular weight excluding hydrogens is 253 g/mol. The Morgan fingerprint density at radius 1 is 1.24 bits per heavy atom. The van der Waals surface area contributed by atoms with E-state index in [1.807, 2.05) is 19.9 Å². The molecule has 0 unspecified atom stereocenters. The summed E-state index contributed by atoms with van der Waals surface area (Å²) in [7, 11) is -4.53. The van der Waals surface area contributed by atoms with Crippen molar-refractivity contribution in [1.82, 2.24) is 4.57 Å². The highest BCUT2D eigenvalue weighted by molar-refractivity contribution is 7.53. The maximum Gasteiger partial charge on any atom is 0.343 e. The van der Waals surface area contributed by atoms with Gasteiger partial charge in [-0.2, -0.15) is 0 Å². The van der Waals surface area contributed by atoms with Gasteiger partial charge in [-0.15, -0.1) is 6.58 Å². The van der Waals surface area contributed by atoms with Gasteiger partial charge in [-0.3, -0.25) is 4.57 Å². The average molecular weight is 279 g/mol. The highest BCUT2D eigenvalue weighted by Gasteiger charge is 2.32. The Morgan fingerprint density at radius 2 is 1.71 bits per heavy atom. The molecule has 0 aromatic heterocycles. The highest BCUT2D eigenvalue weighted by atomic mass is 31.2. The van der Waals surface area contributed by atoms with Crippen molar-refractivity contribution in [3.05, 3.63) is 12.7 Å². The van der Waals surface area contributed by atoms with Crippen LogP contribution in [0.4, 0.5) is 0 Å². The first-order valence-electron chi connectivity index (χ1n) is 6.03. The Hall–Kier alpha value is 0.0669. The third-order valence-electron chi connectivity index (χ3n) is 2.29. The second kappa shape index (κ2) is 7.49. The Labute approximate surface area is 107 Å². The summed E-state index contributed by atoms with van der Waals surface area (Å²) in [4.78, 5) is 0. The fraction of sp³-hybridized carbons (Fsp3) is 0.818. The number of hydrogen-bond donors (Lipinski definition) is 0. The summed E-state index contributed by atoms with van der Waals surface area (Å²) in [6, 6.07) is 0. The molecule has 0 aliphatic rings. The van der Waals surface area contributed by atoms with E-state index in [0.29, 0.717) is 19.5 Å². The zero-order chi connectivity index (χ0) is 13.5. The van der Waals surface area contributed by atoms with E-state index in [1.54, 1.807) is 0 Å². The summed E-state index contributed by atoms with van der Waals surface area (Å²) in [6.07, 6.45) is 2.19. The van der Waals surface area contributed by atoms with Crippen LogP contribution in [0.15, 0.2) is 12.7 Å². The molecule has 0 aromatic carbocycles. The van der Waals surface area contributed by atoms with Crippen LogP contribution in [0.5, 0.6) is 0 Å². The molecule has 0 aliphatic carbocycles. The number of rotatable bonds is 9. The second-order valence-corrected chi connectivity index (χ2v) is 11.8. The van der Waals surface area contributed by atoms with Crippen LogP contribution in [0.2, 0.25) is 19.6 Å². The molecule has 0 saturated heterocycles. The van der Waals surface area contributed by atoms with Crippen LogP contribution in [0.1, 0.15) is 13.8 Å². The topological polar surface area (TPSA) is 38.8 Å². The zero-order valence-corrected chi connectivity index (χ0v) is 13.6. The van der Waals surface area contributed by atoms with E-state index in [9.17, 15) is 4.57 Å². The molecule has 0 amide bonds. The molecule has 102 valence electrons. The molecule has 0 saturated carbocycles. The second-order valence-electron chi connectivity index (χ2n) is 4.77. The van der Waals surface area contributed by atoms with Crippen LogP contribution in [-0.4, -0.2) is 38.8 Å². The zero-order valence-electron chi connectivity index (χ0n) is 11.7. The maximum absolute atomic E-state index is 12.4. The van der Waals surface area contributed by atoms with Crippen LogP contribution < -0.4 is 0 Å². The van der Waals surface area contributed by atoms with Gasteiger partial charge in [-0.1, -0.05) is 25.7 Å². The normalized spacial score (nSPS) is 13.1. The highest BCUT2D eigenvalue weighted by Crippen LogP contribution is 2.49. The monoisotopic (exact) mass is 279 g/mol. The Balaban J connectivity index is 4.79. The van der Waals surface area contributed by atoms with Gasteiger partial charge >= 0.3 is 7.60 Å². The molecule has 0 spiro atoms. The predicted octanol–water partition coefficient (Wildman–Crippen LogP) is 3.53. The molecule has 0 aliphatic heterocycles. The minimum Gasteiger partial charge on any atom is -0.310 e. The standard InChI is InChI=1S/C11H26NO3PSi/c1-7-10-12(17(4,5)6)11-16(13,14-8-2)15-9-3/h7H,1,8-11H2,2-6H3. The number of hydrogen-bond acceptors (Lipinski definition) is 4. The SMILES string of the molecule is C=CCN(CP(=O)(OCC)OCC)[Si](C)(C)C. The lowest BCUT2D eigenvalue weighted by Crippen LogP contribution is -2.46. The molecule has 0 heterocycles. The molecule has 6 heteroatoms. The first-order valence-corrected chi connectivity index (χ1v) is 11.2. The summed E-state index contributed by atoms with van der Waals surface area (Å²) in [5, 5.41) is 0. The van der Waals surface area contributed by atoms with E-state index in [2.05, 4.69) is 30.8 Å². The summed E-state index contributed by atoms with van der Waals surface area (Å²) >= 11 is 0. The third kappa shape index (κ3) is 6.53. The average Bonchev–Trinajstić information content (AvgIpc) is 2.16. The minimum absolute atomic E-state index is 0.358. The van der Waals surface area contributed by atoms with Gasteiger partial charge in [0.1, 0.15) is 8.24 Å². The van der Waals surface area contributed by atoms with Gasteiger partial charge in [0, 0.05) is 6.54 Å². The van der Waals surface area contributed by atoms with E-state index in [1.165, 1.54) is 0 Å². The summed E-state index contributed by atoms with van der Waals surface area (Å²) in [5.41, 5.74) is 0. The van der Waals surface area contributed by atoms with Crippen LogP contribution in [0.25, 0.3) is 0 Å². The van der Waals surface area contributed by atoms with E-state index in [4.69, 9.17) is 9.05 Å². The lowest BCUT2D eigenvalue weighted by atomic mass is 10.6. The van der Waals surface area contributed by atoms with Gasteiger partial charge < -0.3 is 13.6 Å². The quantitative estimate of drug-likeness (QED) is 0.368. The summed E-state index contributed by atoms with van der Waals surface area (Å²) < 4.78 is 25.3. The molecule has 0 rings (SSSR count). The van der Waals surface area contributed by atoms with Gasteiger partial charge in [-0.05, 0) is 13.8 Å². The molecule has 4 nitrogen and oxygen atoms in total. The Morgan fingerprint density at radius 3 is 2.00 bits per heavy atom. The summed E-state index contributed by atoms with van der Waals surface area (Å²) in [6.45, 7) is 15.6. The molecular formula is C11H26NO3PSi. The van der Waals surface area contributed by atoms with Gasteiger partial charge in [0.05, 0.1) is 19.5 Å². The van der Waals surface area contributed by atoms with Gasteiger partial charge in [-0.25, -0.2) is 0 Å². The minimum atomic E-state index is -2.99. The third-order valence-corrected chi connectivity index (χ3v) is 6.79. The fourth-order valence-corrected chi connectivity index (χ4v) is 5.87. The molecule has 17 heavy (non-hydrogen) atoms. The van der Waals surface area contributed by atoms with Crippen molar-refractivity contribution in [3.8, 4) is 0 Å². The maximum atomic E-state index is 12.4. The van der Waals surface area contributed by atoms with Crippen LogP contribution in [0, 0.1) is 0 Å². The van der Waals surface area contributed by atoms with Gasteiger partial charge in [0.2, 0.25) is 0 Å². The van der Waals surface area contributed by atoms with E-state index >= 15 is 0 Å². The van der Waals surface area contributed by atoms with Crippen molar-refractivity contribution < 1.29 is 13.6 Å². The van der Waals surface area contributed by atoms with Crippen molar-refractivity contribution in [3.63, 3.8) is 0 Å². The lowest BCUT2D eigenvalue weighted by Gasteiger charge is -2.35. The first-order chi connectivity index (χ1) is 7.79. The van der Waals surface area contributed by atoms with Gasteiger partial charge in [0.15, 0.2) is 0 Å². The lowest BCUT2D eigenvalue weighted by molar-refractivity contribution is 0.211. The molecule has 0 radical (unpaired) electrons. The smallest absolute Gasteiger partial charge is 0.310 e. The molecule has 0 N–H and O–H groups in total. The fourth-order valence-electron chi connectivity index (χ4n) is 1.42. The largest absolute Gasteiger partial charge is 0.343 e. The first kappa shape index (κ1) is 17.1. The van der Waals surface area contributed by atoms with Crippen molar-refractivity contribution >= 4 is 15.8 Å². The summed E-state index contributed by atoms with van der Waals surface area (Å²) in [5.74, 6) is 0. The van der Waals surface area contributed by atoms with E-state index in [0.717, 1.165) is 6.54 Å². The molecule has 0 atom stereocenters. The van der Waals surface area contributed by atoms with Crippen LogP contribution in [-0.2, 0) is 13.6 Å². The van der Waals surface area contributed by atoms with E-state index < -0.39 is 15.8 Å². The van der Waals surface area contributed by atoms with Crippen molar-refractivity contribution in [2.24, 2.45) is 0 Å². The van der Waals surface area contributed by atoms with Gasteiger partial charge in [0.25, 0.3) is 0 Å². The molecule has 0 bridgehead atoms. The van der Waals surface area contributed by atoms with Crippen LogP contribution in [0.3, 0.4) is 0 Å². The van der Waals surface area contributed by atoms with Crippen molar-refractivity contribution in [2.75, 3.05) is 26.0 Å². The van der Waals surface area contributed by atoms with Crippen molar-refractivity contribution in [2.45, 2.75) is 33.5 Å². The molecule has 0 aromatic rings. The predicted molar refractivity (Wildman–Crippen MR) is 76.0 cm³/mol. The van der Waals surface area contributed by atoms with Crippen LogP contribution >= 0.6 is 7.60 Å². The molecule has 0 fully saturated rings.